The molecule has 142 valence electrons. The van der Waals surface area contributed by atoms with Gasteiger partial charge in [-0.15, -0.1) is 0 Å². The first kappa shape index (κ1) is 19.9. The predicted octanol–water partition coefficient (Wildman–Crippen LogP) is 2.12. The number of rotatable bonds is 3. The molecular weight excluding hydrogens is 374 g/mol. The van der Waals surface area contributed by atoms with Gasteiger partial charge in [0.05, 0.1) is 22.9 Å². The molecule has 0 unspecified atom stereocenters. The molecule has 0 bridgehead atoms. The van der Waals surface area contributed by atoms with Crippen molar-refractivity contribution in [2.45, 2.75) is 26.1 Å². The van der Waals surface area contributed by atoms with E-state index in [4.69, 9.17) is 10.00 Å². The number of ether oxygens (including phenoxy) is 1. The lowest BCUT2D eigenvalue weighted by Crippen LogP contribution is -2.34. The van der Waals surface area contributed by atoms with Crippen molar-refractivity contribution >= 4 is 5.97 Å². The van der Waals surface area contributed by atoms with Gasteiger partial charge in [0.25, 0.3) is 5.56 Å². The number of nitrogens with one attached hydrogen (secondary N) is 1. The molecule has 2 aromatic rings. The van der Waals surface area contributed by atoms with Crippen molar-refractivity contribution in [1.82, 2.24) is 9.55 Å². The first-order valence-electron chi connectivity index (χ1n) is 7.34. The summed E-state index contributed by atoms with van der Waals surface area (Å²) in [7, 11) is 0. The summed E-state index contributed by atoms with van der Waals surface area (Å²) in [6, 6.07) is 2.70. The Morgan fingerprint density at radius 1 is 1.26 bits per heavy atom. The van der Waals surface area contributed by atoms with E-state index in [1.165, 1.54) is 19.9 Å². The van der Waals surface area contributed by atoms with Crippen LogP contribution < -0.4 is 11.2 Å². The molecule has 1 aromatic carbocycles. The van der Waals surface area contributed by atoms with Crippen molar-refractivity contribution in [1.29, 1.82) is 5.26 Å². The summed E-state index contributed by atoms with van der Waals surface area (Å²) in [4.78, 5) is 36.9. The maximum atomic E-state index is 14.4. The Labute approximate surface area is 148 Å². The summed E-state index contributed by atoms with van der Waals surface area (Å²) in [5.41, 5.74) is -6.65. The number of H-pyrrole nitrogens is 1. The fourth-order valence-electron chi connectivity index (χ4n) is 2.22. The van der Waals surface area contributed by atoms with Crippen LogP contribution >= 0.6 is 0 Å². The van der Waals surface area contributed by atoms with Gasteiger partial charge in [0.15, 0.2) is 0 Å². The summed E-state index contributed by atoms with van der Waals surface area (Å²) in [5, 5.41) is 9.04. The van der Waals surface area contributed by atoms with Gasteiger partial charge < -0.3 is 4.74 Å². The number of alkyl halides is 3. The summed E-state index contributed by atoms with van der Waals surface area (Å²) >= 11 is 0. The van der Waals surface area contributed by atoms with Gasteiger partial charge in [-0.05, 0) is 26.0 Å². The van der Waals surface area contributed by atoms with Gasteiger partial charge in [-0.1, -0.05) is 0 Å². The molecule has 0 amide bonds. The molecule has 7 nitrogen and oxygen atoms in total. The number of nitriles is 1. The number of esters is 1. The molecule has 11 heteroatoms. The van der Waals surface area contributed by atoms with Gasteiger partial charge >= 0.3 is 17.8 Å². The van der Waals surface area contributed by atoms with Crippen molar-refractivity contribution in [3.05, 3.63) is 61.7 Å². The quantitative estimate of drug-likeness (QED) is 0.644. The highest BCUT2D eigenvalue weighted by Crippen LogP contribution is 2.30. The van der Waals surface area contributed by atoms with Crippen LogP contribution in [0.15, 0.2) is 27.8 Å². The molecule has 0 saturated carbocycles. The highest BCUT2D eigenvalue weighted by atomic mass is 19.4. The van der Waals surface area contributed by atoms with Gasteiger partial charge in [0, 0.05) is 6.07 Å². The molecule has 1 heterocycles. The molecule has 0 atom stereocenters. The molecule has 1 aromatic heterocycles. The van der Waals surface area contributed by atoms with E-state index in [0.29, 0.717) is 12.1 Å². The van der Waals surface area contributed by atoms with Crippen molar-refractivity contribution in [2.24, 2.45) is 0 Å². The van der Waals surface area contributed by atoms with E-state index in [0.717, 1.165) is 0 Å². The number of carbonyl (C=O) groups excluding carboxylic acids is 1. The predicted molar refractivity (Wildman–Crippen MR) is 82.9 cm³/mol. The van der Waals surface area contributed by atoms with Gasteiger partial charge in [-0.2, -0.15) is 18.4 Å². The fourth-order valence-corrected chi connectivity index (χ4v) is 2.22. The van der Waals surface area contributed by atoms with E-state index >= 15 is 0 Å². The smallest absolute Gasteiger partial charge is 0.432 e. The van der Waals surface area contributed by atoms with Crippen LogP contribution in [0.3, 0.4) is 0 Å². The molecular formula is C16H11F4N3O4. The number of carbonyl (C=O) groups is 1. The number of benzene rings is 1. The zero-order valence-electron chi connectivity index (χ0n) is 13.8. The standard InChI is InChI=1S/C16H11F4N3O4/c1-7(2)27-14(25)9-4-11(10(17)3-8(9)6-21)23-12(16(18,19)20)5-13(24)22-15(23)26/h3-5,7H,1-2H3,(H,22,24,26). The van der Waals surface area contributed by atoms with Crippen molar-refractivity contribution in [2.75, 3.05) is 0 Å². The van der Waals surface area contributed by atoms with Gasteiger partial charge in [0.2, 0.25) is 0 Å². The highest BCUT2D eigenvalue weighted by molar-refractivity contribution is 5.93. The second kappa shape index (κ2) is 7.06. The summed E-state index contributed by atoms with van der Waals surface area (Å²) in [6.45, 7) is 2.98. The maximum absolute atomic E-state index is 14.4. The summed E-state index contributed by atoms with van der Waals surface area (Å²) < 4.78 is 58.8. The second-order valence-electron chi connectivity index (χ2n) is 5.57. The minimum absolute atomic E-state index is 0.0746. The maximum Gasteiger partial charge on any atom is 0.432 e. The topological polar surface area (TPSA) is 105 Å². The zero-order valence-corrected chi connectivity index (χ0v) is 13.8. The lowest BCUT2D eigenvalue weighted by molar-refractivity contribution is -0.143. The van der Waals surface area contributed by atoms with Crippen LogP contribution in [0.25, 0.3) is 5.69 Å². The van der Waals surface area contributed by atoms with Gasteiger partial charge in [0.1, 0.15) is 17.6 Å². The third-order valence-electron chi connectivity index (χ3n) is 3.24. The lowest BCUT2D eigenvalue weighted by Gasteiger charge is -2.16. The Hall–Kier alpha value is -3.42. The first-order valence-corrected chi connectivity index (χ1v) is 7.34. The third kappa shape index (κ3) is 4.05. The van der Waals surface area contributed by atoms with Crippen LogP contribution in [0.1, 0.15) is 35.5 Å². The van der Waals surface area contributed by atoms with Crippen LogP contribution in [-0.4, -0.2) is 21.6 Å². The van der Waals surface area contributed by atoms with Crippen molar-refractivity contribution in [3.8, 4) is 11.8 Å². The molecule has 0 spiro atoms. The van der Waals surface area contributed by atoms with E-state index in [-0.39, 0.29) is 10.6 Å². The monoisotopic (exact) mass is 385 g/mol. The second-order valence-corrected chi connectivity index (χ2v) is 5.57. The molecule has 1 N–H and O–H groups in total. The average Bonchev–Trinajstić information content (AvgIpc) is 2.52. The Morgan fingerprint density at radius 2 is 1.89 bits per heavy atom. The normalized spacial score (nSPS) is 11.3. The van der Waals surface area contributed by atoms with Crippen LogP contribution in [-0.2, 0) is 10.9 Å². The zero-order chi connectivity index (χ0) is 20.5. The number of aromatic nitrogens is 2. The van der Waals surface area contributed by atoms with Gasteiger partial charge in [-0.25, -0.2) is 14.0 Å². The summed E-state index contributed by atoms with van der Waals surface area (Å²) in [5.74, 6) is -2.47. The molecule has 2 rings (SSSR count). The molecule has 27 heavy (non-hydrogen) atoms. The Bertz CT molecular complexity index is 1060. The highest BCUT2D eigenvalue weighted by Gasteiger charge is 2.36. The number of hydrogen-bond donors (Lipinski definition) is 1. The van der Waals surface area contributed by atoms with Crippen LogP contribution in [0.4, 0.5) is 17.6 Å². The van der Waals surface area contributed by atoms with Crippen LogP contribution in [0, 0.1) is 17.1 Å². The van der Waals surface area contributed by atoms with Crippen LogP contribution in [0.5, 0.6) is 0 Å². The molecule has 0 aliphatic heterocycles. The fraction of sp³-hybridized carbons (Fsp3) is 0.250. The van der Waals surface area contributed by atoms with Crippen molar-refractivity contribution < 1.29 is 27.1 Å². The van der Waals surface area contributed by atoms with E-state index in [1.807, 2.05) is 0 Å². The summed E-state index contributed by atoms with van der Waals surface area (Å²) in [6.07, 6.45) is -5.80. The lowest BCUT2D eigenvalue weighted by atomic mass is 10.1. The SMILES string of the molecule is CC(C)OC(=O)c1cc(-n2c(C(F)(F)F)cc(=O)[nH]c2=O)c(F)cc1C#N. The average molecular weight is 385 g/mol. The molecule has 0 saturated heterocycles. The minimum atomic E-state index is -5.17. The van der Waals surface area contributed by atoms with E-state index in [1.54, 1.807) is 4.98 Å². The van der Waals surface area contributed by atoms with E-state index in [2.05, 4.69) is 0 Å². The number of aromatic amines is 1. The molecule has 0 radical (unpaired) electrons. The number of halogens is 4. The number of hydrogen-bond acceptors (Lipinski definition) is 5. The van der Waals surface area contributed by atoms with E-state index in [9.17, 15) is 31.9 Å². The number of nitrogens with zero attached hydrogens (tertiary/aromatic N) is 2. The Kier molecular flexibility index (Phi) is 5.21. The van der Waals surface area contributed by atoms with Crippen LogP contribution in [0.2, 0.25) is 0 Å². The Balaban J connectivity index is 2.86. The molecule has 0 aliphatic carbocycles. The first-order chi connectivity index (χ1) is 12.5. The van der Waals surface area contributed by atoms with Gasteiger partial charge in [-0.3, -0.25) is 14.3 Å². The Morgan fingerprint density at radius 3 is 2.41 bits per heavy atom. The molecule has 0 fully saturated rings. The third-order valence-corrected chi connectivity index (χ3v) is 3.24. The minimum Gasteiger partial charge on any atom is -0.459 e. The van der Waals surface area contributed by atoms with Crippen molar-refractivity contribution in [3.63, 3.8) is 0 Å². The van der Waals surface area contributed by atoms with E-state index < -0.39 is 57.8 Å². The largest absolute Gasteiger partial charge is 0.459 e. The molecule has 0 aliphatic rings.